The molecule has 110 valence electrons. The van der Waals surface area contributed by atoms with Crippen molar-refractivity contribution in [2.75, 3.05) is 0 Å². The van der Waals surface area contributed by atoms with Gasteiger partial charge in [0.25, 0.3) is 0 Å². The van der Waals surface area contributed by atoms with Crippen LogP contribution in [-0.4, -0.2) is 11.7 Å². The Bertz CT molecular complexity index is 625. The van der Waals surface area contributed by atoms with Gasteiger partial charge in [0, 0.05) is 17.9 Å². The number of nitrogens with one attached hydrogen (secondary N) is 1. The molecule has 1 aromatic carbocycles. The van der Waals surface area contributed by atoms with Gasteiger partial charge < -0.3 is 5.32 Å². The molecule has 2 rings (SSSR count). The first-order chi connectivity index (χ1) is 10.1. The zero-order valence-electron chi connectivity index (χ0n) is 11.6. The third-order valence-corrected chi connectivity index (χ3v) is 4.38. The van der Waals surface area contributed by atoms with Crippen molar-refractivity contribution < 1.29 is 9.59 Å². The molecule has 0 aliphatic rings. The molecule has 21 heavy (non-hydrogen) atoms. The molecule has 1 heterocycles. The zero-order chi connectivity index (χ0) is 15.2. The van der Waals surface area contributed by atoms with Gasteiger partial charge in [-0.25, -0.2) is 0 Å². The van der Waals surface area contributed by atoms with Crippen LogP contribution in [0, 0.1) is 0 Å². The second-order valence-electron chi connectivity index (χ2n) is 4.71. The molecule has 0 saturated carbocycles. The predicted octanol–water partition coefficient (Wildman–Crippen LogP) is 4.24. The minimum Gasteiger partial charge on any atom is -0.350 e. The van der Waals surface area contributed by atoms with Crippen molar-refractivity contribution in [1.82, 2.24) is 5.32 Å². The number of thiophene rings is 1. The molecule has 1 aromatic heterocycles. The summed E-state index contributed by atoms with van der Waals surface area (Å²) in [6, 6.07) is 10.8. The van der Waals surface area contributed by atoms with Crippen LogP contribution in [0.4, 0.5) is 0 Å². The van der Waals surface area contributed by atoms with Gasteiger partial charge in [0.05, 0.1) is 10.9 Å². The normalized spacial score (nSPS) is 11.9. The number of Topliss-reactive ketones (excluding diaryl/α,β-unsaturated/α-hetero) is 1. The van der Waals surface area contributed by atoms with Crippen LogP contribution in [0.25, 0.3) is 0 Å². The van der Waals surface area contributed by atoms with E-state index in [2.05, 4.69) is 5.32 Å². The summed E-state index contributed by atoms with van der Waals surface area (Å²) in [6.45, 7) is 1.88. The van der Waals surface area contributed by atoms with Crippen molar-refractivity contribution >= 4 is 34.6 Å². The van der Waals surface area contributed by atoms with E-state index in [4.69, 9.17) is 11.6 Å². The number of benzene rings is 1. The van der Waals surface area contributed by atoms with Crippen molar-refractivity contribution in [2.24, 2.45) is 0 Å². The third-order valence-electron chi connectivity index (χ3n) is 3.12. The lowest BCUT2D eigenvalue weighted by molar-refractivity contribution is -0.121. The van der Waals surface area contributed by atoms with Crippen LogP contribution in [0.5, 0.6) is 0 Å². The van der Waals surface area contributed by atoms with E-state index in [1.807, 2.05) is 36.6 Å². The summed E-state index contributed by atoms with van der Waals surface area (Å²) in [7, 11) is 0. The molecule has 1 atom stereocenters. The van der Waals surface area contributed by atoms with Gasteiger partial charge in [-0.05, 0) is 30.0 Å². The van der Waals surface area contributed by atoms with Crippen LogP contribution in [0.3, 0.4) is 0 Å². The molecule has 0 bridgehead atoms. The molecule has 0 radical (unpaired) electrons. The van der Waals surface area contributed by atoms with Crippen molar-refractivity contribution in [3.8, 4) is 0 Å². The van der Waals surface area contributed by atoms with E-state index in [9.17, 15) is 9.59 Å². The van der Waals surface area contributed by atoms with E-state index in [0.717, 1.165) is 5.56 Å². The molecule has 0 aliphatic heterocycles. The van der Waals surface area contributed by atoms with E-state index in [1.165, 1.54) is 11.3 Å². The number of hydrogen-bond acceptors (Lipinski definition) is 3. The van der Waals surface area contributed by atoms with E-state index < -0.39 is 0 Å². The summed E-state index contributed by atoms with van der Waals surface area (Å²) in [5.41, 5.74) is 0.872. The average Bonchev–Trinajstić information content (AvgIpc) is 2.99. The fourth-order valence-electron chi connectivity index (χ4n) is 2.01. The topological polar surface area (TPSA) is 46.2 Å². The molecular weight excluding hydrogens is 306 g/mol. The summed E-state index contributed by atoms with van der Waals surface area (Å²) in [4.78, 5) is 24.4. The quantitative estimate of drug-likeness (QED) is 0.809. The van der Waals surface area contributed by atoms with Crippen LogP contribution >= 0.6 is 22.9 Å². The van der Waals surface area contributed by atoms with E-state index >= 15 is 0 Å². The Morgan fingerprint density at radius 2 is 1.95 bits per heavy atom. The number of rotatable bonds is 6. The number of carbonyl (C=O) groups excluding carboxylic acids is 2. The first-order valence-electron chi connectivity index (χ1n) is 6.68. The smallest absolute Gasteiger partial charge is 0.220 e. The summed E-state index contributed by atoms with van der Waals surface area (Å²) in [5, 5.41) is 5.34. The van der Waals surface area contributed by atoms with Gasteiger partial charge in [0.15, 0.2) is 5.78 Å². The minimum absolute atomic E-state index is 0.00514. The molecule has 1 N–H and O–H groups in total. The first kappa shape index (κ1) is 15.7. The lowest BCUT2D eigenvalue weighted by Gasteiger charge is -2.15. The standard InChI is InChI=1S/C16H16ClNO2S/c1-11(12-5-2-3-6-13(12)17)18-16(20)9-8-14(19)15-7-4-10-21-15/h2-7,10-11H,8-9H2,1H3,(H,18,20). The lowest BCUT2D eigenvalue weighted by atomic mass is 10.1. The predicted molar refractivity (Wildman–Crippen MR) is 85.9 cm³/mol. The highest BCUT2D eigenvalue weighted by molar-refractivity contribution is 7.12. The number of carbonyl (C=O) groups is 2. The maximum atomic E-state index is 11.9. The van der Waals surface area contributed by atoms with Gasteiger partial charge in [-0.1, -0.05) is 35.9 Å². The minimum atomic E-state index is -0.178. The monoisotopic (exact) mass is 321 g/mol. The highest BCUT2D eigenvalue weighted by atomic mass is 35.5. The molecule has 0 fully saturated rings. The molecule has 3 nitrogen and oxygen atoms in total. The van der Waals surface area contributed by atoms with Crippen LogP contribution in [0.2, 0.25) is 5.02 Å². The average molecular weight is 322 g/mol. The maximum Gasteiger partial charge on any atom is 0.220 e. The summed E-state index contributed by atoms with van der Waals surface area (Å²) in [6.07, 6.45) is 0.410. The van der Waals surface area contributed by atoms with Crippen molar-refractivity contribution in [3.63, 3.8) is 0 Å². The van der Waals surface area contributed by atoms with E-state index in [1.54, 1.807) is 12.1 Å². The highest BCUT2D eigenvalue weighted by Crippen LogP contribution is 2.22. The van der Waals surface area contributed by atoms with Gasteiger partial charge in [0.1, 0.15) is 0 Å². The van der Waals surface area contributed by atoms with Gasteiger partial charge >= 0.3 is 0 Å². The van der Waals surface area contributed by atoms with Gasteiger partial charge in [-0.3, -0.25) is 9.59 Å². The second-order valence-corrected chi connectivity index (χ2v) is 6.07. The molecule has 1 unspecified atom stereocenters. The van der Waals surface area contributed by atoms with Crippen LogP contribution < -0.4 is 5.32 Å². The van der Waals surface area contributed by atoms with Gasteiger partial charge in [-0.15, -0.1) is 11.3 Å². The van der Waals surface area contributed by atoms with Crippen LogP contribution in [0.15, 0.2) is 41.8 Å². The highest BCUT2D eigenvalue weighted by Gasteiger charge is 2.14. The van der Waals surface area contributed by atoms with Crippen molar-refractivity contribution in [3.05, 3.63) is 57.2 Å². The van der Waals surface area contributed by atoms with Gasteiger partial charge in [0.2, 0.25) is 5.91 Å². The molecule has 0 spiro atoms. The lowest BCUT2D eigenvalue weighted by Crippen LogP contribution is -2.27. The Labute approximate surface area is 132 Å². The summed E-state index contributed by atoms with van der Waals surface area (Å²) in [5.74, 6) is -0.141. The Balaban J connectivity index is 1.85. The Morgan fingerprint density at radius 1 is 1.19 bits per heavy atom. The Hall–Kier alpha value is -1.65. The van der Waals surface area contributed by atoms with Gasteiger partial charge in [-0.2, -0.15) is 0 Å². The van der Waals surface area contributed by atoms with E-state index in [-0.39, 0.29) is 30.6 Å². The maximum absolute atomic E-state index is 11.9. The Morgan fingerprint density at radius 3 is 2.62 bits per heavy atom. The summed E-state index contributed by atoms with van der Waals surface area (Å²) >= 11 is 7.49. The molecular formula is C16H16ClNO2S. The SMILES string of the molecule is CC(NC(=O)CCC(=O)c1cccs1)c1ccccc1Cl. The Kier molecular flexibility index (Phi) is 5.53. The van der Waals surface area contributed by atoms with Crippen molar-refractivity contribution in [2.45, 2.75) is 25.8 Å². The number of amides is 1. The van der Waals surface area contributed by atoms with Crippen molar-refractivity contribution in [1.29, 1.82) is 0 Å². The largest absolute Gasteiger partial charge is 0.350 e. The fraction of sp³-hybridized carbons (Fsp3) is 0.250. The zero-order valence-corrected chi connectivity index (χ0v) is 13.2. The third kappa shape index (κ3) is 4.41. The van der Waals surface area contributed by atoms with Crippen LogP contribution in [0.1, 0.15) is 41.0 Å². The summed E-state index contributed by atoms with van der Waals surface area (Å²) < 4.78 is 0. The number of halogens is 1. The number of ketones is 1. The molecule has 5 heteroatoms. The molecule has 0 saturated heterocycles. The molecule has 1 amide bonds. The van der Waals surface area contributed by atoms with Crippen LogP contribution in [-0.2, 0) is 4.79 Å². The fourth-order valence-corrected chi connectivity index (χ4v) is 3.00. The first-order valence-corrected chi connectivity index (χ1v) is 7.94. The van der Waals surface area contributed by atoms with E-state index in [0.29, 0.717) is 9.90 Å². The molecule has 2 aromatic rings. The second kappa shape index (κ2) is 7.38. The number of hydrogen-bond donors (Lipinski definition) is 1. The molecule has 0 aliphatic carbocycles.